The van der Waals surface area contributed by atoms with Gasteiger partial charge in [0.05, 0.1) is 0 Å². The van der Waals surface area contributed by atoms with Gasteiger partial charge in [-0.05, 0) is 48.4 Å². The quantitative estimate of drug-likeness (QED) is 0.511. The first-order valence-electron chi connectivity index (χ1n) is 8.87. The van der Waals surface area contributed by atoms with Crippen LogP contribution in [0.15, 0.2) is 60.1 Å². The van der Waals surface area contributed by atoms with Gasteiger partial charge in [-0.3, -0.25) is 9.20 Å². The molecule has 1 amide bonds. The number of carbonyl (C=O) groups is 1. The molecule has 2 aromatic heterocycles. The molecule has 0 saturated heterocycles. The zero-order valence-corrected chi connectivity index (χ0v) is 16.0. The van der Waals surface area contributed by atoms with Gasteiger partial charge in [-0.25, -0.2) is 9.37 Å². The van der Waals surface area contributed by atoms with E-state index in [0.717, 1.165) is 16.9 Å². The van der Waals surface area contributed by atoms with Crippen molar-refractivity contribution in [2.24, 2.45) is 0 Å². The van der Waals surface area contributed by atoms with Gasteiger partial charge in [0.15, 0.2) is 11.6 Å². The number of hydrogen-bond acceptors (Lipinski definition) is 4. The van der Waals surface area contributed by atoms with Crippen molar-refractivity contribution < 1.29 is 13.9 Å². The molecule has 0 unspecified atom stereocenters. The lowest BCUT2D eigenvalue weighted by atomic mass is 10.1. The van der Waals surface area contributed by atoms with Crippen molar-refractivity contribution in [3.05, 3.63) is 71.5 Å². The van der Waals surface area contributed by atoms with Crippen molar-refractivity contribution in [2.45, 2.75) is 13.3 Å². The topological polar surface area (TPSA) is 55.6 Å². The summed E-state index contributed by atoms with van der Waals surface area (Å²) in [7, 11) is 0. The van der Waals surface area contributed by atoms with E-state index in [1.165, 1.54) is 29.0 Å². The second-order valence-electron chi connectivity index (χ2n) is 6.21. The number of carbonyl (C=O) groups excluding carboxylic acids is 1. The first kappa shape index (κ1) is 18.2. The highest BCUT2D eigenvalue weighted by atomic mass is 32.1. The van der Waals surface area contributed by atoms with Gasteiger partial charge < -0.3 is 10.1 Å². The molecule has 0 aliphatic rings. The SMILES string of the molecule is CCc1ccc(OCC(=O)Nc2c(-c3ccc(F)cc3)nc3sccn23)cc1. The Morgan fingerprint density at radius 1 is 1.18 bits per heavy atom. The van der Waals surface area contributed by atoms with E-state index in [1.54, 1.807) is 16.5 Å². The van der Waals surface area contributed by atoms with Gasteiger partial charge in [0.25, 0.3) is 5.91 Å². The van der Waals surface area contributed by atoms with Crippen LogP contribution >= 0.6 is 11.3 Å². The second-order valence-corrected chi connectivity index (χ2v) is 7.08. The second kappa shape index (κ2) is 7.82. The number of hydrogen-bond donors (Lipinski definition) is 1. The van der Waals surface area contributed by atoms with E-state index in [0.29, 0.717) is 17.3 Å². The Morgan fingerprint density at radius 3 is 2.64 bits per heavy atom. The molecule has 0 atom stereocenters. The highest BCUT2D eigenvalue weighted by Crippen LogP contribution is 2.30. The Balaban J connectivity index is 1.53. The molecule has 0 saturated carbocycles. The van der Waals surface area contributed by atoms with E-state index in [9.17, 15) is 9.18 Å². The summed E-state index contributed by atoms with van der Waals surface area (Å²) in [6.07, 6.45) is 2.78. The van der Waals surface area contributed by atoms with Crippen LogP contribution in [0.1, 0.15) is 12.5 Å². The van der Waals surface area contributed by atoms with Crippen molar-refractivity contribution in [3.63, 3.8) is 0 Å². The molecule has 1 N–H and O–H groups in total. The predicted molar refractivity (Wildman–Crippen MR) is 108 cm³/mol. The highest BCUT2D eigenvalue weighted by Gasteiger charge is 2.17. The average molecular weight is 395 g/mol. The van der Waals surface area contributed by atoms with E-state index in [4.69, 9.17) is 4.74 Å². The van der Waals surface area contributed by atoms with Gasteiger partial charge in [0.1, 0.15) is 23.1 Å². The summed E-state index contributed by atoms with van der Waals surface area (Å²) in [5.41, 5.74) is 2.52. The summed E-state index contributed by atoms with van der Waals surface area (Å²) in [5, 5.41) is 4.76. The Labute approximate surface area is 165 Å². The molecule has 4 rings (SSSR count). The molecule has 2 heterocycles. The number of fused-ring (bicyclic) bond motifs is 1. The normalized spacial score (nSPS) is 10.9. The van der Waals surface area contributed by atoms with Crippen LogP contribution < -0.4 is 10.1 Å². The molecule has 5 nitrogen and oxygen atoms in total. The summed E-state index contributed by atoms with van der Waals surface area (Å²) >= 11 is 1.46. The van der Waals surface area contributed by atoms with E-state index < -0.39 is 0 Å². The van der Waals surface area contributed by atoms with Crippen molar-refractivity contribution in [2.75, 3.05) is 11.9 Å². The van der Waals surface area contributed by atoms with E-state index >= 15 is 0 Å². The summed E-state index contributed by atoms with van der Waals surface area (Å²) in [5.74, 6) is 0.562. The molecule has 0 aliphatic heterocycles. The Bertz CT molecular complexity index is 1100. The molecule has 4 aromatic rings. The van der Waals surface area contributed by atoms with Crippen LogP contribution in [0.25, 0.3) is 16.2 Å². The smallest absolute Gasteiger partial charge is 0.263 e. The summed E-state index contributed by atoms with van der Waals surface area (Å²) < 4.78 is 20.6. The Kier molecular flexibility index (Phi) is 5.08. The lowest BCUT2D eigenvalue weighted by Crippen LogP contribution is -2.21. The lowest BCUT2D eigenvalue weighted by Gasteiger charge is -2.09. The maximum absolute atomic E-state index is 13.3. The number of rotatable bonds is 6. The number of anilines is 1. The van der Waals surface area contributed by atoms with Gasteiger partial charge >= 0.3 is 0 Å². The molecule has 0 fully saturated rings. The van der Waals surface area contributed by atoms with Gasteiger partial charge in [-0.1, -0.05) is 19.1 Å². The molecule has 0 radical (unpaired) electrons. The third-order valence-corrected chi connectivity index (χ3v) is 5.10. The zero-order valence-electron chi connectivity index (χ0n) is 15.2. The van der Waals surface area contributed by atoms with Crippen molar-refractivity contribution in [1.82, 2.24) is 9.38 Å². The number of amides is 1. The van der Waals surface area contributed by atoms with Gasteiger partial charge in [0, 0.05) is 17.1 Å². The minimum absolute atomic E-state index is 0.119. The molecule has 7 heteroatoms. The maximum Gasteiger partial charge on any atom is 0.263 e. The third-order valence-electron chi connectivity index (χ3n) is 4.34. The summed E-state index contributed by atoms with van der Waals surface area (Å²) in [6, 6.07) is 13.7. The molecule has 0 bridgehead atoms. The number of imidazole rings is 1. The zero-order chi connectivity index (χ0) is 19.5. The number of nitrogens with zero attached hydrogens (tertiary/aromatic N) is 2. The highest BCUT2D eigenvalue weighted by molar-refractivity contribution is 7.15. The van der Waals surface area contributed by atoms with E-state index in [-0.39, 0.29) is 18.3 Å². The Hall–Kier alpha value is -3.19. The first-order valence-corrected chi connectivity index (χ1v) is 9.75. The lowest BCUT2D eigenvalue weighted by molar-refractivity contribution is -0.118. The molecule has 0 aliphatic carbocycles. The fourth-order valence-corrected chi connectivity index (χ4v) is 3.57. The average Bonchev–Trinajstić information content (AvgIpc) is 3.30. The van der Waals surface area contributed by atoms with Crippen LogP contribution in [-0.4, -0.2) is 21.9 Å². The first-order chi connectivity index (χ1) is 13.6. The standard InChI is InChI=1S/C21H18FN3O2S/c1-2-14-3-9-17(10-4-14)27-13-18(26)23-20-19(15-5-7-16(22)8-6-15)24-21-25(20)11-12-28-21/h3-12H,2,13H2,1H3,(H,23,26). The molecular weight excluding hydrogens is 377 g/mol. The monoisotopic (exact) mass is 395 g/mol. The van der Waals surface area contributed by atoms with E-state index in [1.807, 2.05) is 35.8 Å². The van der Waals surface area contributed by atoms with E-state index in [2.05, 4.69) is 17.2 Å². The van der Waals surface area contributed by atoms with Crippen LogP contribution in [0.2, 0.25) is 0 Å². The molecule has 0 spiro atoms. The predicted octanol–water partition coefficient (Wildman–Crippen LogP) is 4.78. The maximum atomic E-state index is 13.3. The van der Waals surface area contributed by atoms with Gasteiger partial charge in [-0.15, -0.1) is 11.3 Å². The summed E-state index contributed by atoms with van der Waals surface area (Å²) in [6.45, 7) is 1.96. The molecule has 2 aromatic carbocycles. The molecule has 28 heavy (non-hydrogen) atoms. The minimum atomic E-state index is -0.321. The van der Waals surface area contributed by atoms with Crippen molar-refractivity contribution >= 4 is 28.0 Å². The van der Waals surface area contributed by atoms with Crippen molar-refractivity contribution in [1.29, 1.82) is 0 Å². The van der Waals surface area contributed by atoms with Crippen LogP contribution in [0.3, 0.4) is 0 Å². The number of aromatic nitrogens is 2. The summed E-state index contributed by atoms with van der Waals surface area (Å²) in [4.78, 5) is 17.8. The minimum Gasteiger partial charge on any atom is -0.484 e. The largest absolute Gasteiger partial charge is 0.484 e. The molecule has 142 valence electrons. The molecular formula is C21H18FN3O2S. The van der Waals surface area contributed by atoms with Crippen LogP contribution in [0.5, 0.6) is 5.75 Å². The number of thiazole rings is 1. The Morgan fingerprint density at radius 2 is 1.93 bits per heavy atom. The number of ether oxygens (including phenoxy) is 1. The van der Waals surface area contributed by atoms with Crippen LogP contribution in [0.4, 0.5) is 10.2 Å². The number of aryl methyl sites for hydroxylation is 1. The third kappa shape index (κ3) is 3.75. The fourth-order valence-electron chi connectivity index (χ4n) is 2.85. The number of halogens is 1. The van der Waals surface area contributed by atoms with Crippen LogP contribution in [0, 0.1) is 5.82 Å². The fraction of sp³-hybridized carbons (Fsp3) is 0.143. The number of nitrogens with one attached hydrogen (secondary N) is 1. The van der Waals surface area contributed by atoms with Gasteiger partial charge in [-0.2, -0.15) is 0 Å². The van der Waals surface area contributed by atoms with Crippen molar-refractivity contribution in [3.8, 4) is 17.0 Å². The number of benzene rings is 2. The van der Waals surface area contributed by atoms with Crippen LogP contribution in [-0.2, 0) is 11.2 Å². The van der Waals surface area contributed by atoms with Gasteiger partial charge in [0.2, 0.25) is 0 Å².